The normalized spacial score (nSPS) is 10.8. The number of amides is 2. The van der Waals surface area contributed by atoms with Crippen molar-refractivity contribution in [3.63, 3.8) is 0 Å². The number of anilines is 2. The summed E-state index contributed by atoms with van der Waals surface area (Å²) < 4.78 is 61.0. The third-order valence-corrected chi connectivity index (χ3v) is 12.4. The lowest BCUT2D eigenvalue weighted by Crippen LogP contribution is -2.16. The van der Waals surface area contributed by atoms with Crippen molar-refractivity contribution in [2.45, 2.75) is 36.5 Å². The molecular formula is C54H48N2O14S. The maximum Gasteiger partial charge on any atom is 0.333 e. The Morgan fingerprint density at radius 1 is 0.535 bits per heavy atom. The van der Waals surface area contributed by atoms with Crippen LogP contribution in [0.2, 0.25) is 0 Å². The van der Waals surface area contributed by atoms with Crippen LogP contribution in [-0.4, -0.2) is 72.2 Å². The summed E-state index contributed by atoms with van der Waals surface area (Å²) in [4.78, 5) is 75.3. The van der Waals surface area contributed by atoms with E-state index in [1.54, 1.807) is 60.7 Å². The van der Waals surface area contributed by atoms with Gasteiger partial charge in [-0.1, -0.05) is 49.6 Å². The number of carbonyl (C=O) groups excluding carboxylic acids is 6. The van der Waals surface area contributed by atoms with Gasteiger partial charge >= 0.3 is 11.9 Å². The molecule has 0 fully saturated rings. The number of hydrogen-bond acceptors (Lipinski definition) is 14. The first-order valence-corrected chi connectivity index (χ1v) is 23.1. The molecule has 0 aliphatic rings. The van der Waals surface area contributed by atoms with Gasteiger partial charge in [0.1, 0.15) is 23.0 Å². The molecule has 71 heavy (non-hydrogen) atoms. The number of esters is 2. The van der Waals surface area contributed by atoms with E-state index in [9.17, 15) is 37.2 Å². The fourth-order valence-electron chi connectivity index (χ4n) is 7.01. The Kier molecular flexibility index (Phi) is 17.0. The number of methoxy groups -OCH3 is 2. The summed E-state index contributed by atoms with van der Waals surface area (Å²) in [5.41, 5.74) is 2.11. The number of benzene rings is 6. The Bertz CT molecular complexity index is 2940. The van der Waals surface area contributed by atoms with E-state index in [1.807, 2.05) is 0 Å². The summed E-state index contributed by atoms with van der Waals surface area (Å²) in [5, 5.41) is 5.53. The molecule has 0 aromatic heterocycles. The molecule has 364 valence electrons. The Morgan fingerprint density at radius 3 is 1.24 bits per heavy atom. The van der Waals surface area contributed by atoms with Crippen LogP contribution in [0.5, 0.6) is 34.5 Å². The number of para-hydroxylation sites is 4. The minimum Gasteiger partial charge on any atom is -0.496 e. The van der Waals surface area contributed by atoms with Crippen LogP contribution in [0, 0.1) is 0 Å². The second-order valence-corrected chi connectivity index (χ2v) is 17.5. The zero-order valence-corrected chi connectivity index (χ0v) is 39.9. The summed E-state index contributed by atoms with van der Waals surface area (Å²) in [6.07, 6.45) is 1.44. The van der Waals surface area contributed by atoms with Gasteiger partial charge in [0.15, 0.2) is 24.1 Å². The first-order chi connectivity index (χ1) is 34.1. The third kappa shape index (κ3) is 12.4. The second-order valence-electron chi connectivity index (χ2n) is 15.6. The molecule has 0 heterocycles. The van der Waals surface area contributed by atoms with E-state index < -0.39 is 33.6 Å². The smallest absolute Gasteiger partial charge is 0.333 e. The number of hydrogen-bond donors (Lipinski definition) is 2. The van der Waals surface area contributed by atoms with Gasteiger partial charge < -0.3 is 39.1 Å². The summed E-state index contributed by atoms with van der Waals surface area (Å²) in [7, 11) is -1.32. The van der Waals surface area contributed by atoms with Gasteiger partial charge in [-0.15, -0.1) is 0 Å². The predicted octanol–water partition coefficient (Wildman–Crippen LogP) is 9.57. The van der Waals surface area contributed by atoms with E-state index in [-0.39, 0.29) is 115 Å². The van der Waals surface area contributed by atoms with E-state index >= 15 is 0 Å². The van der Waals surface area contributed by atoms with Crippen LogP contribution in [-0.2, 0) is 41.7 Å². The SMILES string of the molecule is C=C(C)C(=O)OCCc1ccc(C(=O)Nc2ccccc2Oc2ccc(S(=O)(=O)c3ccc(Oc4ccccc4NC(=O)c4ccc(CCOC(=O)C(=C)C)c(OC)c4C=O)cc3)cc2)c(C=O)c1OC. The molecule has 2 N–H and O–H groups in total. The van der Waals surface area contributed by atoms with Crippen LogP contribution in [0.1, 0.15) is 66.4 Å². The molecule has 0 saturated carbocycles. The van der Waals surface area contributed by atoms with Crippen molar-refractivity contribution in [1.29, 1.82) is 0 Å². The highest BCUT2D eigenvalue weighted by atomic mass is 32.2. The van der Waals surface area contributed by atoms with Crippen LogP contribution in [0.3, 0.4) is 0 Å². The van der Waals surface area contributed by atoms with Crippen molar-refractivity contribution in [1.82, 2.24) is 0 Å². The molecule has 0 unspecified atom stereocenters. The Labute approximate surface area is 409 Å². The number of ether oxygens (including phenoxy) is 6. The first-order valence-electron chi connectivity index (χ1n) is 21.7. The lowest BCUT2D eigenvalue weighted by molar-refractivity contribution is -0.139. The lowest BCUT2D eigenvalue weighted by Gasteiger charge is -2.16. The molecule has 0 saturated heterocycles. The second kappa shape index (κ2) is 23.5. The van der Waals surface area contributed by atoms with Gasteiger partial charge in [-0.3, -0.25) is 19.2 Å². The Balaban J connectivity index is 1.11. The van der Waals surface area contributed by atoms with Crippen molar-refractivity contribution >= 4 is 57.5 Å². The standard InChI is InChI=1S/C54H48N2O14S/c1-33(2)53(61)67-29-27-35-15-25-41(43(31-57)49(35)65-5)51(59)55-45-11-7-9-13-47(45)69-37-17-21-39(22-18-37)71(63,64)40-23-19-38(20-24-40)70-48-14-10-8-12-46(48)56-52(60)42-26-16-36(50(66-6)44(42)32-58)28-30-68-54(62)34(3)4/h7-26,31-32H,1,3,27-30H2,2,4-6H3,(H,55,59)(H,56,60). The first kappa shape index (κ1) is 51.6. The molecule has 0 aliphatic carbocycles. The predicted molar refractivity (Wildman–Crippen MR) is 263 cm³/mol. The molecular weight excluding hydrogens is 933 g/mol. The highest BCUT2D eigenvalue weighted by molar-refractivity contribution is 7.91. The highest BCUT2D eigenvalue weighted by Gasteiger charge is 2.23. The monoisotopic (exact) mass is 980 g/mol. The van der Waals surface area contributed by atoms with Crippen molar-refractivity contribution in [3.05, 3.63) is 179 Å². The van der Waals surface area contributed by atoms with Crippen LogP contribution in [0.25, 0.3) is 0 Å². The number of aldehydes is 2. The third-order valence-electron chi connectivity index (χ3n) is 10.6. The highest BCUT2D eigenvalue weighted by Crippen LogP contribution is 2.35. The van der Waals surface area contributed by atoms with E-state index in [0.717, 1.165) is 0 Å². The van der Waals surface area contributed by atoms with E-state index in [2.05, 4.69) is 23.8 Å². The molecule has 6 rings (SSSR count). The van der Waals surface area contributed by atoms with Gasteiger partial charge in [0.05, 0.1) is 70.9 Å². The van der Waals surface area contributed by atoms with Crippen molar-refractivity contribution in [2.24, 2.45) is 0 Å². The zero-order chi connectivity index (χ0) is 51.2. The van der Waals surface area contributed by atoms with Crippen LogP contribution < -0.4 is 29.6 Å². The zero-order valence-electron chi connectivity index (χ0n) is 39.1. The fraction of sp³-hybridized carbons (Fsp3) is 0.148. The van der Waals surface area contributed by atoms with Crippen LogP contribution >= 0.6 is 0 Å². The van der Waals surface area contributed by atoms with Gasteiger partial charge in [0, 0.05) is 24.0 Å². The number of sulfone groups is 1. The van der Waals surface area contributed by atoms with Crippen LogP contribution in [0.15, 0.2) is 155 Å². The molecule has 0 radical (unpaired) electrons. The number of nitrogens with one attached hydrogen (secondary N) is 2. The maximum atomic E-state index is 13.7. The van der Waals surface area contributed by atoms with Gasteiger partial charge in [-0.2, -0.15) is 0 Å². The molecule has 0 spiro atoms. The quantitative estimate of drug-likeness (QED) is 0.0368. The number of carbonyl (C=O) groups is 6. The number of rotatable bonds is 22. The summed E-state index contributed by atoms with van der Waals surface area (Å²) in [6.45, 7) is 10.2. The van der Waals surface area contributed by atoms with Crippen molar-refractivity contribution in [3.8, 4) is 34.5 Å². The maximum absolute atomic E-state index is 13.7. The largest absolute Gasteiger partial charge is 0.496 e. The minimum atomic E-state index is -4.04. The van der Waals surface area contributed by atoms with Gasteiger partial charge in [-0.05, 0) is 110 Å². The van der Waals surface area contributed by atoms with Crippen molar-refractivity contribution < 1.29 is 65.6 Å². The van der Waals surface area contributed by atoms with Crippen LogP contribution in [0.4, 0.5) is 11.4 Å². The van der Waals surface area contributed by atoms with Crippen molar-refractivity contribution in [2.75, 3.05) is 38.1 Å². The molecule has 17 heteroatoms. The van der Waals surface area contributed by atoms with E-state index in [4.69, 9.17) is 28.4 Å². The van der Waals surface area contributed by atoms with Gasteiger partial charge in [0.2, 0.25) is 9.84 Å². The van der Waals surface area contributed by atoms with E-state index in [0.29, 0.717) is 23.7 Å². The summed E-state index contributed by atoms with van der Waals surface area (Å²) in [6, 6.07) is 30.6. The molecule has 0 aliphatic heterocycles. The minimum absolute atomic E-state index is 0.00147. The lowest BCUT2D eigenvalue weighted by atomic mass is 10.0. The molecule has 0 bridgehead atoms. The molecule has 6 aromatic rings. The average molecular weight is 981 g/mol. The Morgan fingerprint density at radius 2 is 0.901 bits per heavy atom. The molecule has 2 amide bonds. The Hall–Kier alpha value is -8.83. The fourth-order valence-corrected chi connectivity index (χ4v) is 8.27. The molecule has 6 aromatic carbocycles. The summed E-state index contributed by atoms with van der Waals surface area (Å²) >= 11 is 0. The topological polar surface area (TPSA) is 216 Å². The van der Waals surface area contributed by atoms with Gasteiger partial charge in [0.25, 0.3) is 11.8 Å². The summed E-state index contributed by atoms with van der Waals surface area (Å²) in [5.74, 6) is -1.12. The van der Waals surface area contributed by atoms with Gasteiger partial charge in [-0.25, -0.2) is 18.0 Å². The molecule has 0 atom stereocenters. The average Bonchev–Trinajstić information content (AvgIpc) is 3.37. The molecule has 16 nitrogen and oxygen atoms in total. The van der Waals surface area contributed by atoms with E-state index in [1.165, 1.54) is 88.7 Å².